The quantitative estimate of drug-likeness (QED) is 0.575. The van der Waals surface area contributed by atoms with E-state index in [0.717, 1.165) is 9.79 Å². The first-order valence-corrected chi connectivity index (χ1v) is 11.0. The van der Waals surface area contributed by atoms with Crippen LogP contribution in [0.4, 0.5) is 0 Å². The zero-order valence-corrected chi connectivity index (χ0v) is 14.8. The van der Waals surface area contributed by atoms with E-state index in [2.05, 4.69) is 0 Å². The van der Waals surface area contributed by atoms with E-state index in [1.807, 2.05) is 47.0 Å². The zero-order valence-electron chi connectivity index (χ0n) is 9.91. The molecule has 4 rings (SSSR count). The number of hydrogen-bond acceptors (Lipinski definition) is 8. The van der Waals surface area contributed by atoms with Gasteiger partial charge in [0, 0.05) is 21.3 Å². The monoisotopic (exact) mass is 376 g/mol. The lowest BCUT2D eigenvalue weighted by atomic mass is 10.3. The minimum Gasteiger partial charge on any atom is -0.504 e. The highest BCUT2D eigenvalue weighted by Gasteiger charge is 2.30. The number of aromatic hydroxyl groups is 2. The van der Waals surface area contributed by atoms with Crippen LogP contribution in [0.3, 0.4) is 0 Å². The molecule has 0 saturated heterocycles. The number of fused-ring (bicyclic) bond motifs is 1. The lowest BCUT2D eigenvalue weighted by Gasteiger charge is -2.08. The van der Waals surface area contributed by atoms with Gasteiger partial charge in [-0.2, -0.15) is 0 Å². The minimum atomic E-state index is -0.0432. The largest absolute Gasteiger partial charge is 0.504 e. The fourth-order valence-electron chi connectivity index (χ4n) is 1.80. The Morgan fingerprint density at radius 3 is 1.60 bits per heavy atom. The van der Waals surface area contributed by atoms with Crippen LogP contribution in [0.25, 0.3) is 0 Å². The molecule has 0 fully saturated rings. The number of phenolic OH excluding ortho intramolecular Hbond substituents is 2. The molecule has 2 N–H and O–H groups in total. The van der Waals surface area contributed by atoms with Gasteiger partial charge >= 0.3 is 0 Å². The lowest BCUT2D eigenvalue weighted by molar-refractivity contribution is 0.401. The van der Waals surface area contributed by atoms with Crippen molar-refractivity contribution >= 4 is 70.6 Å². The van der Waals surface area contributed by atoms with Crippen molar-refractivity contribution < 1.29 is 10.2 Å². The van der Waals surface area contributed by atoms with Crippen LogP contribution >= 0.6 is 70.6 Å². The van der Waals surface area contributed by atoms with Crippen molar-refractivity contribution in [3.63, 3.8) is 0 Å². The predicted octanol–water partition coefficient (Wildman–Crippen LogP) is 5.51. The van der Waals surface area contributed by atoms with Crippen LogP contribution in [-0.4, -0.2) is 21.7 Å². The summed E-state index contributed by atoms with van der Waals surface area (Å²) in [5.41, 5.74) is 0. The molecule has 104 valence electrons. The summed E-state index contributed by atoms with van der Waals surface area (Å²) >= 11 is 11.0. The summed E-state index contributed by atoms with van der Waals surface area (Å²) in [6, 6.07) is 3.30. The fraction of sp³-hybridized carbons (Fsp3) is 0.167. The Balaban J connectivity index is 1.62. The topological polar surface area (TPSA) is 40.5 Å². The third-order valence-corrected chi connectivity index (χ3v) is 11.5. The van der Waals surface area contributed by atoms with Crippen LogP contribution < -0.4 is 0 Å². The fourth-order valence-corrected chi connectivity index (χ4v) is 10.6. The molecule has 20 heavy (non-hydrogen) atoms. The van der Waals surface area contributed by atoms with Gasteiger partial charge in [0.15, 0.2) is 11.5 Å². The summed E-state index contributed by atoms with van der Waals surface area (Å²) in [7, 11) is 0. The number of hydrogen-bond donors (Lipinski definition) is 2. The average Bonchev–Trinajstić information content (AvgIpc) is 3.02. The SMILES string of the molecule is Oc1cc2c(cc1O)SC(=C1SC3=C(SCCS3)S1)S2. The van der Waals surface area contributed by atoms with E-state index in [9.17, 15) is 10.2 Å². The highest BCUT2D eigenvalue weighted by Crippen LogP contribution is 2.65. The first-order valence-electron chi connectivity index (χ1n) is 5.72. The third kappa shape index (κ3) is 2.48. The molecular weight excluding hydrogens is 369 g/mol. The summed E-state index contributed by atoms with van der Waals surface area (Å²) in [5, 5.41) is 19.2. The van der Waals surface area contributed by atoms with Gasteiger partial charge in [0.1, 0.15) is 0 Å². The van der Waals surface area contributed by atoms with Crippen molar-refractivity contribution in [2.24, 2.45) is 0 Å². The van der Waals surface area contributed by atoms with Gasteiger partial charge in [0.25, 0.3) is 0 Å². The standard InChI is InChI=1S/C12H8O2S6/c13-5-3-7-8(4-6(5)14)18-11(17-7)12-19-9-10(20-12)16-2-1-15-9/h3-4,13-14H,1-2H2. The molecule has 0 aliphatic carbocycles. The Kier molecular flexibility index (Phi) is 3.89. The Bertz CT molecular complexity index is 613. The van der Waals surface area contributed by atoms with Gasteiger partial charge in [-0.05, 0) is 12.1 Å². The Morgan fingerprint density at radius 1 is 0.650 bits per heavy atom. The van der Waals surface area contributed by atoms with E-state index in [1.165, 1.54) is 28.5 Å². The molecule has 3 aliphatic rings. The van der Waals surface area contributed by atoms with Gasteiger partial charge in [-0.1, -0.05) is 47.0 Å². The van der Waals surface area contributed by atoms with Crippen LogP contribution in [0.15, 0.2) is 38.9 Å². The Hall–Kier alpha value is 0.400. The molecule has 0 atom stereocenters. The summed E-state index contributed by atoms with van der Waals surface area (Å²) in [6.07, 6.45) is 0. The molecule has 3 aliphatic heterocycles. The van der Waals surface area contributed by atoms with Gasteiger partial charge in [-0.3, -0.25) is 0 Å². The third-order valence-electron chi connectivity index (χ3n) is 2.70. The summed E-state index contributed by atoms with van der Waals surface area (Å²) in [5.74, 6) is 2.31. The summed E-state index contributed by atoms with van der Waals surface area (Å²) < 4.78 is 5.48. The molecule has 0 amide bonds. The van der Waals surface area contributed by atoms with Crippen LogP contribution in [-0.2, 0) is 0 Å². The van der Waals surface area contributed by atoms with Gasteiger partial charge in [-0.15, -0.1) is 23.5 Å². The van der Waals surface area contributed by atoms with E-state index in [4.69, 9.17) is 0 Å². The molecule has 0 radical (unpaired) electrons. The van der Waals surface area contributed by atoms with Crippen molar-refractivity contribution in [2.75, 3.05) is 11.5 Å². The Labute approximate surface area is 142 Å². The second-order valence-corrected chi connectivity index (χ2v) is 11.4. The van der Waals surface area contributed by atoms with Crippen molar-refractivity contribution in [3.05, 3.63) is 29.1 Å². The molecule has 0 spiro atoms. The average molecular weight is 377 g/mol. The number of rotatable bonds is 0. The van der Waals surface area contributed by atoms with Crippen molar-refractivity contribution in [3.8, 4) is 11.5 Å². The van der Waals surface area contributed by atoms with Crippen LogP contribution in [0.2, 0.25) is 0 Å². The zero-order chi connectivity index (χ0) is 13.7. The molecule has 0 unspecified atom stereocenters. The van der Waals surface area contributed by atoms with Crippen LogP contribution in [0.1, 0.15) is 0 Å². The van der Waals surface area contributed by atoms with E-state index in [-0.39, 0.29) is 11.5 Å². The first kappa shape index (κ1) is 14.0. The summed E-state index contributed by atoms with van der Waals surface area (Å²) in [6.45, 7) is 0. The van der Waals surface area contributed by atoms with Gasteiger partial charge in [-0.25, -0.2) is 0 Å². The first-order chi connectivity index (χ1) is 9.70. The van der Waals surface area contributed by atoms with Crippen LogP contribution in [0, 0.1) is 0 Å². The second kappa shape index (κ2) is 5.55. The second-order valence-electron chi connectivity index (χ2n) is 4.04. The van der Waals surface area contributed by atoms with Gasteiger partial charge in [0.2, 0.25) is 0 Å². The van der Waals surface area contributed by atoms with Gasteiger partial charge < -0.3 is 10.2 Å². The van der Waals surface area contributed by atoms with E-state index < -0.39 is 0 Å². The summed E-state index contributed by atoms with van der Waals surface area (Å²) in [4.78, 5) is 2.05. The van der Waals surface area contributed by atoms with E-state index in [1.54, 1.807) is 35.7 Å². The van der Waals surface area contributed by atoms with E-state index in [0.29, 0.717) is 0 Å². The van der Waals surface area contributed by atoms with Crippen molar-refractivity contribution in [1.82, 2.24) is 0 Å². The number of phenols is 2. The smallest absolute Gasteiger partial charge is 0.158 e. The van der Waals surface area contributed by atoms with Crippen LogP contribution in [0.5, 0.6) is 11.5 Å². The molecule has 0 aromatic heterocycles. The van der Waals surface area contributed by atoms with E-state index >= 15 is 0 Å². The maximum absolute atomic E-state index is 9.59. The normalized spacial score (nSPS) is 21.4. The van der Waals surface area contributed by atoms with Crippen molar-refractivity contribution in [1.29, 1.82) is 0 Å². The molecule has 1 aromatic carbocycles. The molecule has 3 heterocycles. The highest BCUT2D eigenvalue weighted by atomic mass is 32.3. The number of benzene rings is 1. The number of thioether (sulfide) groups is 6. The molecule has 0 bridgehead atoms. The Morgan fingerprint density at radius 2 is 1.10 bits per heavy atom. The maximum Gasteiger partial charge on any atom is 0.158 e. The van der Waals surface area contributed by atoms with Gasteiger partial charge in [0.05, 0.1) is 16.9 Å². The molecular formula is C12H8O2S6. The highest BCUT2D eigenvalue weighted by molar-refractivity contribution is 8.42. The lowest BCUT2D eigenvalue weighted by Crippen LogP contribution is -1.88. The molecule has 8 heteroatoms. The van der Waals surface area contributed by atoms with Crippen molar-refractivity contribution in [2.45, 2.75) is 9.79 Å². The minimum absolute atomic E-state index is 0.0432. The molecule has 0 saturated carbocycles. The molecule has 1 aromatic rings. The maximum atomic E-state index is 9.59. The molecule has 2 nitrogen and oxygen atoms in total. The predicted molar refractivity (Wildman–Crippen MR) is 95.6 cm³/mol.